The fraction of sp³-hybridized carbons (Fsp3) is 0.435. The summed E-state index contributed by atoms with van der Waals surface area (Å²) in [5, 5.41) is 2.81. The van der Waals surface area contributed by atoms with Gasteiger partial charge in [0.25, 0.3) is 11.8 Å². The third-order valence-electron chi connectivity index (χ3n) is 6.37. The van der Waals surface area contributed by atoms with Crippen molar-refractivity contribution in [3.8, 4) is 0 Å². The van der Waals surface area contributed by atoms with Crippen molar-refractivity contribution in [3.05, 3.63) is 59.9 Å². The first-order valence-electron chi connectivity index (χ1n) is 10.5. The average molecular weight is 447 g/mol. The Hall–Kier alpha value is -2.94. The maximum atomic E-state index is 12.8. The van der Waals surface area contributed by atoms with Crippen molar-refractivity contribution in [2.24, 2.45) is 5.92 Å². The molecule has 0 aliphatic carbocycles. The monoisotopic (exact) mass is 447 g/mol. The van der Waals surface area contributed by atoms with Crippen LogP contribution >= 0.6 is 0 Å². The first-order valence-corrected chi connectivity index (χ1v) is 10.5. The van der Waals surface area contributed by atoms with E-state index >= 15 is 0 Å². The van der Waals surface area contributed by atoms with Crippen LogP contribution in [0.15, 0.2) is 48.8 Å². The van der Waals surface area contributed by atoms with Gasteiger partial charge in [0.15, 0.2) is 0 Å². The highest BCUT2D eigenvalue weighted by Crippen LogP contribution is 2.43. The van der Waals surface area contributed by atoms with Crippen LogP contribution in [0.3, 0.4) is 0 Å². The minimum Gasteiger partial charge on any atom is -0.362 e. The Morgan fingerprint density at radius 2 is 1.94 bits per heavy atom. The fourth-order valence-corrected chi connectivity index (χ4v) is 4.49. The Morgan fingerprint density at radius 3 is 2.56 bits per heavy atom. The van der Waals surface area contributed by atoms with Crippen molar-refractivity contribution in [1.82, 2.24) is 9.88 Å². The number of anilines is 1. The van der Waals surface area contributed by atoms with E-state index in [0.717, 1.165) is 12.1 Å². The summed E-state index contributed by atoms with van der Waals surface area (Å²) in [5.41, 5.74) is -0.447. The van der Waals surface area contributed by atoms with Crippen LogP contribution in [-0.4, -0.2) is 46.5 Å². The van der Waals surface area contributed by atoms with Gasteiger partial charge in [-0.3, -0.25) is 14.6 Å². The number of hydrogen-bond donors (Lipinski definition) is 1. The van der Waals surface area contributed by atoms with Gasteiger partial charge >= 0.3 is 6.18 Å². The van der Waals surface area contributed by atoms with Crippen LogP contribution in [-0.2, 0) is 15.7 Å². The molecule has 3 heterocycles. The largest absolute Gasteiger partial charge is 0.416 e. The lowest BCUT2D eigenvalue weighted by Crippen LogP contribution is -2.52. The van der Waals surface area contributed by atoms with E-state index in [-0.39, 0.29) is 23.3 Å². The van der Waals surface area contributed by atoms with E-state index in [2.05, 4.69) is 10.3 Å². The summed E-state index contributed by atoms with van der Waals surface area (Å²) in [7, 11) is 0. The second kappa shape index (κ2) is 8.54. The molecule has 1 aromatic heterocycles. The molecule has 2 fully saturated rings. The molecule has 9 heteroatoms. The van der Waals surface area contributed by atoms with Gasteiger partial charge in [-0.25, -0.2) is 0 Å². The van der Waals surface area contributed by atoms with Crippen molar-refractivity contribution in [3.63, 3.8) is 0 Å². The number of piperidine rings is 1. The molecule has 1 unspecified atom stereocenters. The predicted molar refractivity (Wildman–Crippen MR) is 111 cm³/mol. The van der Waals surface area contributed by atoms with Gasteiger partial charge in [-0.2, -0.15) is 13.2 Å². The second-order valence-electron chi connectivity index (χ2n) is 8.42. The van der Waals surface area contributed by atoms with E-state index in [1.54, 1.807) is 29.4 Å². The van der Waals surface area contributed by atoms with Crippen LogP contribution in [0, 0.1) is 5.92 Å². The Morgan fingerprint density at radius 1 is 1.19 bits per heavy atom. The molecule has 3 atom stereocenters. The summed E-state index contributed by atoms with van der Waals surface area (Å²) >= 11 is 0. The maximum absolute atomic E-state index is 12.8. The summed E-state index contributed by atoms with van der Waals surface area (Å²) < 4.78 is 44.5. The number of likely N-dealkylation sites (tertiary alicyclic amines) is 1. The minimum absolute atomic E-state index is 0.0224. The summed E-state index contributed by atoms with van der Waals surface area (Å²) in [6.07, 6.45) is 0.0409. The van der Waals surface area contributed by atoms with Gasteiger partial charge in [-0.05, 0) is 55.7 Å². The molecule has 1 N–H and O–H groups in total. The van der Waals surface area contributed by atoms with Gasteiger partial charge in [-0.15, -0.1) is 0 Å². The highest BCUT2D eigenvalue weighted by Gasteiger charge is 2.49. The lowest BCUT2D eigenvalue weighted by atomic mass is 9.80. The van der Waals surface area contributed by atoms with Crippen molar-refractivity contribution < 1.29 is 27.5 Å². The molecule has 2 aromatic rings. The van der Waals surface area contributed by atoms with Crippen LogP contribution in [0.1, 0.15) is 42.1 Å². The topological polar surface area (TPSA) is 71.5 Å². The van der Waals surface area contributed by atoms with Gasteiger partial charge in [0.05, 0.1) is 23.0 Å². The third-order valence-corrected chi connectivity index (χ3v) is 6.37. The van der Waals surface area contributed by atoms with Crippen LogP contribution in [0.25, 0.3) is 0 Å². The molecular formula is C23H24F3N3O3. The normalized spacial score (nSPS) is 25.7. The third kappa shape index (κ3) is 4.48. The van der Waals surface area contributed by atoms with Crippen LogP contribution in [0.5, 0.6) is 0 Å². The van der Waals surface area contributed by atoms with E-state index in [0.29, 0.717) is 38.0 Å². The van der Waals surface area contributed by atoms with E-state index in [1.165, 1.54) is 12.1 Å². The number of halogens is 3. The number of carbonyl (C=O) groups excluding carboxylic acids is 2. The highest BCUT2D eigenvalue weighted by molar-refractivity contribution is 5.95. The zero-order valence-corrected chi connectivity index (χ0v) is 17.6. The Kier molecular flexibility index (Phi) is 5.94. The van der Waals surface area contributed by atoms with Gasteiger partial charge in [-0.1, -0.05) is 6.92 Å². The highest BCUT2D eigenvalue weighted by atomic mass is 19.4. The molecule has 1 aromatic carbocycles. The molecular weight excluding hydrogens is 423 g/mol. The number of rotatable bonds is 3. The van der Waals surface area contributed by atoms with Crippen LogP contribution in [0.2, 0.25) is 0 Å². The fourth-order valence-electron chi connectivity index (χ4n) is 4.49. The molecule has 170 valence electrons. The summed E-state index contributed by atoms with van der Waals surface area (Å²) in [5.74, 6) is -0.541. The van der Waals surface area contributed by atoms with Crippen LogP contribution in [0.4, 0.5) is 18.9 Å². The number of nitrogens with zero attached hydrogens (tertiary/aromatic N) is 2. The Bertz CT molecular complexity index is 981. The van der Waals surface area contributed by atoms with Gasteiger partial charge in [0.1, 0.15) is 6.10 Å². The number of ether oxygens (including phenoxy) is 1. The standard InChI is InChI=1S/C23H24F3N3O3/c1-15-14-29(21(31)16-4-6-17(7-5-16)23(24,25)26)12-10-22(15)9-8-19(32-22)20(30)28-18-3-2-11-27-13-18/h2-7,11,13,15,19H,8-10,12,14H2,1H3,(H,28,30)/t15-,19?,22+/m0/s1. The molecule has 2 saturated heterocycles. The summed E-state index contributed by atoms with van der Waals surface area (Å²) in [4.78, 5) is 31.0. The molecule has 6 nitrogen and oxygen atoms in total. The van der Waals surface area contributed by atoms with Crippen molar-refractivity contribution in [2.75, 3.05) is 18.4 Å². The van der Waals surface area contributed by atoms with Gasteiger partial charge in [0.2, 0.25) is 0 Å². The smallest absolute Gasteiger partial charge is 0.362 e. The summed E-state index contributed by atoms with van der Waals surface area (Å²) in [6.45, 7) is 2.81. The number of alkyl halides is 3. The second-order valence-corrected chi connectivity index (χ2v) is 8.42. The molecule has 2 aliphatic rings. The number of benzene rings is 1. The van der Waals surface area contributed by atoms with E-state index in [9.17, 15) is 22.8 Å². The number of aromatic nitrogens is 1. The molecule has 0 bridgehead atoms. The quantitative estimate of drug-likeness (QED) is 0.768. The number of nitrogens with one attached hydrogen (secondary N) is 1. The number of pyridine rings is 1. The summed E-state index contributed by atoms with van der Waals surface area (Å²) in [6, 6.07) is 7.76. The zero-order valence-electron chi connectivity index (χ0n) is 17.6. The molecule has 2 amide bonds. The molecule has 4 rings (SSSR count). The van der Waals surface area contributed by atoms with Crippen molar-refractivity contribution in [2.45, 2.75) is 44.1 Å². The first-order chi connectivity index (χ1) is 15.2. The van der Waals surface area contributed by atoms with Crippen molar-refractivity contribution in [1.29, 1.82) is 0 Å². The molecule has 2 aliphatic heterocycles. The van der Waals surface area contributed by atoms with Crippen LogP contribution < -0.4 is 5.32 Å². The number of amides is 2. The van der Waals surface area contributed by atoms with E-state index < -0.39 is 23.4 Å². The Balaban J connectivity index is 1.37. The first kappa shape index (κ1) is 22.3. The average Bonchev–Trinajstić information content (AvgIpc) is 3.21. The van der Waals surface area contributed by atoms with Gasteiger partial charge < -0.3 is 15.0 Å². The lowest BCUT2D eigenvalue weighted by molar-refractivity contribution is -0.141. The Labute approximate surface area is 183 Å². The van der Waals surface area contributed by atoms with Gasteiger partial charge in [0, 0.05) is 30.8 Å². The molecule has 1 spiro atoms. The van der Waals surface area contributed by atoms with E-state index in [4.69, 9.17) is 4.74 Å². The predicted octanol–water partition coefficient (Wildman–Crippen LogP) is 4.14. The lowest BCUT2D eigenvalue weighted by Gasteiger charge is -2.44. The SMILES string of the molecule is C[C@H]1CN(C(=O)c2ccc(C(F)(F)F)cc2)CC[C@]12CCC(C(=O)Nc1cccnc1)O2. The van der Waals surface area contributed by atoms with E-state index in [1.807, 2.05) is 6.92 Å². The molecule has 0 radical (unpaired) electrons. The maximum Gasteiger partial charge on any atom is 0.416 e. The molecule has 32 heavy (non-hydrogen) atoms. The van der Waals surface area contributed by atoms with Crippen molar-refractivity contribution >= 4 is 17.5 Å². The minimum atomic E-state index is -4.44. The zero-order chi connectivity index (χ0) is 22.9. The molecule has 0 saturated carbocycles. The number of carbonyl (C=O) groups is 2. The number of hydrogen-bond acceptors (Lipinski definition) is 4.